The van der Waals surface area contributed by atoms with Crippen molar-refractivity contribution in [3.8, 4) is 5.75 Å². The van der Waals surface area contributed by atoms with Crippen LogP contribution in [0.5, 0.6) is 5.75 Å². The van der Waals surface area contributed by atoms with E-state index in [0.717, 1.165) is 0 Å². The number of rotatable bonds is 6. The van der Waals surface area contributed by atoms with Gasteiger partial charge in [0.2, 0.25) is 0 Å². The molecule has 1 unspecified atom stereocenters. The number of benzene rings is 1. The van der Waals surface area contributed by atoms with Gasteiger partial charge in [-0.3, -0.25) is 0 Å². The lowest BCUT2D eigenvalue weighted by Gasteiger charge is -2.17. The molecule has 18 heavy (non-hydrogen) atoms. The predicted octanol–water partition coefficient (Wildman–Crippen LogP) is 3.69. The number of hydrogen-bond acceptors (Lipinski definition) is 2. The monoisotopic (exact) mass is 250 g/mol. The maximum absolute atomic E-state index is 11.1. The number of carbonyl (C=O) groups is 1. The summed E-state index contributed by atoms with van der Waals surface area (Å²) < 4.78 is 5.52. The molecule has 0 amide bonds. The van der Waals surface area contributed by atoms with E-state index in [9.17, 15) is 4.79 Å². The molecule has 1 rings (SSSR count). The van der Waals surface area contributed by atoms with Gasteiger partial charge in [0.25, 0.3) is 0 Å². The topological polar surface area (TPSA) is 46.5 Å². The molecule has 100 valence electrons. The zero-order valence-corrected chi connectivity index (χ0v) is 11.5. The standard InChI is InChI=1S/C15H22O3/c1-10(2)9-14(15(16)17)18-13-7-5-12(6-8-13)11(3)4/h5-8,10-11,14H,9H2,1-4H3,(H,16,17). The number of carboxylic acid groups (broad SMARTS) is 1. The van der Waals surface area contributed by atoms with Crippen molar-refractivity contribution in [3.05, 3.63) is 29.8 Å². The minimum atomic E-state index is -0.906. The summed E-state index contributed by atoms with van der Waals surface area (Å²) in [7, 11) is 0. The SMILES string of the molecule is CC(C)CC(Oc1ccc(C(C)C)cc1)C(=O)O. The minimum absolute atomic E-state index is 0.293. The van der Waals surface area contributed by atoms with Crippen LogP contribution in [0.25, 0.3) is 0 Å². The lowest BCUT2D eigenvalue weighted by atomic mass is 10.0. The van der Waals surface area contributed by atoms with Gasteiger partial charge in [0.15, 0.2) is 6.10 Å². The van der Waals surface area contributed by atoms with Gasteiger partial charge < -0.3 is 9.84 Å². The molecule has 0 radical (unpaired) electrons. The average Bonchev–Trinajstić information content (AvgIpc) is 2.28. The number of aliphatic carboxylic acids is 1. The maximum atomic E-state index is 11.1. The summed E-state index contributed by atoms with van der Waals surface area (Å²) in [5.74, 6) is 0.468. The summed E-state index contributed by atoms with van der Waals surface area (Å²) in [6.07, 6.45) is -0.253. The van der Waals surface area contributed by atoms with Crippen molar-refractivity contribution in [1.29, 1.82) is 0 Å². The molecule has 0 aromatic heterocycles. The van der Waals surface area contributed by atoms with Crippen molar-refractivity contribution in [2.24, 2.45) is 5.92 Å². The fourth-order valence-corrected chi connectivity index (χ4v) is 1.72. The summed E-state index contributed by atoms with van der Waals surface area (Å²) in [4.78, 5) is 11.1. The van der Waals surface area contributed by atoms with Crippen molar-refractivity contribution < 1.29 is 14.6 Å². The lowest BCUT2D eigenvalue weighted by Crippen LogP contribution is -2.28. The highest BCUT2D eigenvalue weighted by molar-refractivity contribution is 5.72. The molecule has 0 saturated carbocycles. The fraction of sp³-hybridized carbons (Fsp3) is 0.533. The Morgan fingerprint density at radius 2 is 1.72 bits per heavy atom. The third-order valence-corrected chi connectivity index (χ3v) is 2.79. The molecule has 1 aromatic carbocycles. The van der Waals surface area contributed by atoms with Gasteiger partial charge in [-0.15, -0.1) is 0 Å². The Morgan fingerprint density at radius 1 is 1.17 bits per heavy atom. The van der Waals surface area contributed by atoms with Gasteiger partial charge in [-0.05, 0) is 36.0 Å². The first kappa shape index (κ1) is 14.6. The van der Waals surface area contributed by atoms with Crippen LogP contribution >= 0.6 is 0 Å². The third kappa shape index (κ3) is 4.40. The summed E-state index contributed by atoms with van der Waals surface area (Å²) in [6.45, 7) is 8.21. The Kier molecular flexibility index (Phi) is 5.20. The number of ether oxygens (including phenoxy) is 1. The molecule has 0 heterocycles. The van der Waals surface area contributed by atoms with Gasteiger partial charge in [0, 0.05) is 0 Å². The van der Waals surface area contributed by atoms with Gasteiger partial charge in [-0.25, -0.2) is 4.79 Å². The summed E-state index contributed by atoms with van der Waals surface area (Å²) >= 11 is 0. The van der Waals surface area contributed by atoms with E-state index in [1.54, 1.807) is 0 Å². The number of hydrogen-bond donors (Lipinski definition) is 1. The number of carboxylic acids is 1. The molecule has 0 spiro atoms. The lowest BCUT2D eigenvalue weighted by molar-refractivity contribution is -0.145. The highest BCUT2D eigenvalue weighted by atomic mass is 16.5. The second-order valence-electron chi connectivity index (χ2n) is 5.30. The highest BCUT2D eigenvalue weighted by Crippen LogP contribution is 2.21. The molecule has 0 aliphatic rings. The first-order chi connectivity index (χ1) is 8.40. The molecular formula is C15H22O3. The Hall–Kier alpha value is -1.51. The van der Waals surface area contributed by atoms with Crippen LogP contribution in [0.1, 0.15) is 45.6 Å². The van der Waals surface area contributed by atoms with E-state index >= 15 is 0 Å². The fourth-order valence-electron chi connectivity index (χ4n) is 1.72. The van der Waals surface area contributed by atoms with Crippen LogP contribution in [0.4, 0.5) is 0 Å². The van der Waals surface area contributed by atoms with E-state index in [4.69, 9.17) is 9.84 Å². The van der Waals surface area contributed by atoms with Crippen LogP contribution < -0.4 is 4.74 Å². The van der Waals surface area contributed by atoms with Crippen LogP contribution in [0.15, 0.2) is 24.3 Å². The molecular weight excluding hydrogens is 228 g/mol. The second kappa shape index (κ2) is 6.43. The summed E-state index contributed by atoms with van der Waals surface area (Å²) in [5, 5.41) is 9.10. The van der Waals surface area contributed by atoms with Crippen LogP contribution in [0.3, 0.4) is 0 Å². The van der Waals surface area contributed by atoms with E-state index in [0.29, 0.717) is 24.0 Å². The first-order valence-corrected chi connectivity index (χ1v) is 6.39. The van der Waals surface area contributed by atoms with E-state index in [1.165, 1.54) is 5.56 Å². The van der Waals surface area contributed by atoms with Crippen LogP contribution in [0.2, 0.25) is 0 Å². The van der Waals surface area contributed by atoms with E-state index in [-0.39, 0.29) is 0 Å². The Morgan fingerprint density at radius 3 is 2.11 bits per heavy atom. The molecule has 1 atom stereocenters. The van der Waals surface area contributed by atoms with Gasteiger partial charge in [-0.2, -0.15) is 0 Å². The molecule has 3 nitrogen and oxygen atoms in total. The van der Waals surface area contributed by atoms with Crippen LogP contribution in [0, 0.1) is 5.92 Å². The second-order valence-corrected chi connectivity index (χ2v) is 5.30. The third-order valence-electron chi connectivity index (χ3n) is 2.79. The summed E-state index contributed by atoms with van der Waals surface area (Å²) in [5.41, 5.74) is 1.22. The van der Waals surface area contributed by atoms with Gasteiger partial charge in [-0.1, -0.05) is 39.8 Å². The molecule has 1 aromatic rings. The zero-order chi connectivity index (χ0) is 13.7. The minimum Gasteiger partial charge on any atom is -0.479 e. The molecule has 0 fully saturated rings. The molecule has 3 heteroatoms. The smallest absolute Gasteiger partial charge is 0.344 e. The highest BCUT2D eigenvalue weighted by Gasteiger charge is 2.20. The molecule has 0 saturated heterocycles. The van der Waals surface area contributed by atoms with Crippen molar-refractivity contribution in [2.45, 2.75) is 46.1 Å². The van der Waals surface area contributed by atoms with Crippen molar-refractivity contribution in [2.75, 3.05) is 0 Å². The van der Waals surface area contributed by atoms with Crippen molar-refractivity contribution in [1.82, 2.24) is 0 Å². The van der Waals surface area contributed by atoms with Crippen LogP contribution in [-0.2, 0) is 4.79 Å². The maximum Gasteiger partial charge on any atom is 0.344 e. The Labute approximate surface area is 109 Å². The molecule has 0 aliphatic heterocycles. The van der Waals surface area contributed by atoms with Crippen molar-refractivity contribution in [3.63, 3.8) is 0 Å². The molecule has 0 aliphatic carbocycles. The van der Waals surface area contributed by atoms with Crippen molar-refractivity contribution >= 4 is 5.97 Å². The first-order valence-electron chi connectivity index (χ1n) is 6.39. The zero-order valence-electron chi connectivity index (χ0n) is 11.5. The van der Waals surface area contributed by atoms with E-state index < -0.39 is 12.1 Å². The average molecular weight is 250 g/mol. The van der Waals surface area contributed by atoms with E-state index in [2.05, 4.69) is 13.8 Å². The van der Waals surface area contributed by atoms with E-state index in [1.807, 2.05) is 38.1 Å². The summed E-state index contributed by atoms with van der Waals surface area (Å²) in [6, 6.07) is 7.64. The Balaban J connectivity index is 2.72. The normalized spacial score (nSPS) is 12.8. The Bertz CT molecular complexity index is 379. The predicted molar refractivity (Wildman–Crippen MR) is 72.0 cm³/mol. The largest absolute Gasteiger partial charge is 0.479 e. The van der Waals surface area contributed by atoms with Crippen LogP contribution in [-0.4, -0.2) is 17.2 Å². The van der Waals surface area contributed by atoms with Gasteiger partial charge in [0.05, 0.1) is 0 Å². The molecule has 1 N–H and O–H groups in total. The van der Waals surface area contributed by atoms with Gasteiger partial charge in [0.1, 0.15) is 5.75 Å². The quantitative estimate of drug-likeness (QED) is 0.837. The van der Waals surface area contributed by atoms with Gasteiger partial charge >= 0.3 is 5.97 Å². The molecule has 0 bridgehead atoms.